The van der Waals surface area contributed by atoms with Crippen molar-refractivity contribution in [2.75, 3.05) is 52.9 Å². The molecule has 3 fully saturated rings. The molecule has 3 saturated heterocycles. The monoisotopic (exact) mass is 944 g/mol. The van der Waals surface area contributed by atoms with Gasteiger partial charge in [0.2, 0.25) is 17.4 Å². The van der Waals surface area contributed by atoms with Crippen LogP contribution < -0.4 is 14.2 Å². The Morgan fingerprint density at radius 1 is 0.677 bits per heavy atom. The van der Waals surface area contributed by atoms with Crippen molar-refractivity contribution in [3.63, 3.8) is 0 Å². The number of anilines is 1. The molecule has 346 valence electrons. The van der Waals surface area contributed by atoms with Crippen LogP contribution >= 0.6 is 36.7 Å². The number of carbonyl (C=O) groups excluding carboxylic acids is 4. The molecule has 4 amide bonds. The first kappa shape index (κ1) is 51.8. The zero-order valence-corrected chi connectivity index (χ0v) is 40.5. The average Bonchev–Trinajstić information content (AvgIpc) is 3.84. The van der Waals surface area contributed by atoms with Gasteiger partial charge in [0.1, 0.15) is 12.3 Å². The second-order valence-corrected chi connectivity index (χ2v) is 16.1. The van der Waals surface area contributed by atoms with Crippen molar-refractivity contribution in [1.29, 1.82) is 0 Å². The zero-order chi connectivity index (χ0) is 47.5. The zero-order valence-electron chi connectivity index (χ0n) is 38.1. The molecule has 0 bridgehead atoms. The van der Waals surface area contributed by atoms with Crippen LogP contribution in [0.15, 0.2) is 90.2 Å². The van der Waals surface area contributed by atoms with Crippen molar-refractivity contribution >= 4 is 99.7 Å². The summed E-state index contributed by atoms with van der Waals surface area (Å²) in [7, 11) is 7.14. The molecule has 6 rings (SSSR count). The lowest BCUT2D eigenvalue weighted by molar-refractivity contribution is -0.699. The molecule has 3 aromatic rings. The molecule has 17 heteroatoms. The minimum atomic E-state index is -0.548. The number of amides is 4. The third kappa shape index (κ3) is 15.1. The van der Waals surface area contributed by atoms with Crippen LogP contribution in [0.5, 0.6) is 5.75 Å². The van der Waals surface area contributed by atoms with Crippen LogP contribution in [-0.4, -0.2) is 102 Å². The molecular weight excluding hydrogens is 887 g/mol. The fourth-order valence-corrected chi connectivity index (χ4v) is 7.17. The molecule has 0 atom stereocenters. The number of hydrogen-bond donors (Lipinski definition) is 0. The van der Waals surface area contributed by atoms with E-state index in [1.54, 1.807) is 55.5 Å². The van der Waals surface area contributed by atoms with Gasteiger partial charge in [-0.15, -0.1) is 0 Å². The highest BCUT2D eigenvalue weighted by Crippen LogP contribution is 2.24. The molecular formula is C48H58N5O9S3+. The Balaban J connectivity index is 0.000000215. The average molecular weight is 945 g/mol. The van der Waals surface area contributed by atoms with Crippen LogP contribution in [0, 0.1) is 0 Å². The van der Waals surface area contributed by atoms with Gasteiger partial charge in [0.25, 0.3) is 27.3 Å². The summed E-state index contributed by atoms with van der Waals surface area (Å²) in [5.74, 6) is -0.0441. The number of benzene rings is 2. The predicted octanol–water partition coefficient (Wildman–Crippen LogP) is 7.84. The van der Waals surface area contributed by atoms with E-state index in [0.29, 0.717) is 31.2 Å². The van der Waals surface area contributed by atoms with Gasteiger partial charge in [0.15, 0.2) is 17.7 Å². The van der Waals surface area contributed by atoms with Gasteiger partial charge in [-0.05, 0) is 96.7 Å². The summed E-state index contributed by atoms with van der Waals surface area (Å²) in [4.78, 5) is 53.8. The van der Waals surface area contributed by atoms with Crippen LogP contribution in [0.2, 0.25) is 0 Å². The Bertz CT molecular complexity index is 2280. The fraction of sp³-hybridized carbons (Fsp3) is 0.375. The maximum atomic E-state index is 12.5. The van der Waals surface area contributed by atoms with Gasteiger partial charge in [-0.1, -0.05) is 70.2 Å². The number of rotatable bonds is 17. The Kier molecular flexibility index (Phi) is 20.8. The predicted molar refractivity (Wildman–Crippen MR) is 262 cm³/mol. The molecule has 0 saturated carbocycles. The normalized spacial score (nSPS) is 16.4. The Hall–Kier alpha value is -5.88. The van der Waals surface area contributed by atoms with E-state index < -0.39 is 11.8 Å². The Morgan fingerprint density at radius 2 is 1.22 bits per heavy atom. The molecule has 0 spiro atoms. The Morgan fingerprint density at radius 3 is 1.75 bits per heavy atom. The first-order chi connectivity index (χ1) is 31.2. The van der Waals surface area contributed by atoms with Crippen LogP contribution in [0.25, 0.3) is 18.2 Å². The number of aromatic nitrogens is 1. The molecule has 0 aliphatic carbocycles. The lowest BCUT2D eigenvalue weighted by atomic mass is 10.1. The first-order valence-electron chi connectivity index (χ1n) is 21.4. The van der Waals surface area contributed by atoms with E-state index in [-0.39, 0.29) is 38.9 Å². The van der Waals surface area contributed by atoms with Gasteiger partial charge in [0.05, 0.1) is 26.3 Å². The lowest BCUT2D eigenvalue weighted by Crippen LogP contribution is -2.36. The van der Waals surface area contributed by atoms with E-state index in [4.69, 9.17) is 60.3 Å². The van der Waals surface area contributed by atoms with Crippen LogP contribution in [0.3, 0.4) is 0 Å². The van der Waals surface area contributed by atoms with Crippen molar-refractivity contribution in [3.8, 4) is 5.75 Å². The molecule has 3 aliphatic heterocycles. The quantitative estimate of drug-likeness (QED) is 0.0565. The molecule has 1 aromatic heterocycles. The second-order valence-electron chi connectivity index (χ2n) is 15.0. The van der Waals surface area contributed by atoms with E-state index in [1.165, 1.54) is 37.2 Å². The van der Waals surface area contributed by atoms with Crippen molar-refractivity contribution in [2.24, 2.45) is 0 Å². The van der Waals surface area contributed by atoms with Crippen molar-refractivity contribution in [3.05, 3.63) is 107 Å². The van der Waals surface area contributed by atoms with E-state index in [2.05, 4.69) is 18.4 Å². The van der Waals surface area contributed by atoms with Crippen molar-refractivity contribution < 1.29 is 47.4 Å². The number of thiocarbonyl (C=S) groups is 3. The van der Waals surface area contributed by atoms with Gasteiger partial charge in [-0.25, -0.2) is 4.90 Å². The fourth-order valence-electron chi connectivity index (χ4n) is 6.34. The van der Waals surface area contributed by atoms with E-state index >= 15 is 0 Å². The van der Waals surface area contributed by atoms with E-state index in [1.807, 2.05) is 67.7 Å². The van der Waals surface area contributed by atoms with Crippen molar-refractivity contribution in [1.82, 2.24) is 14.7 Å². The number of ether oxygens (including phenoxy) is 5. The number of hydrogen-bond acceptors (Lipinski definition) is 13. The van der Waals surface area contributed by atoms with Gasteiger partial charge in [-0.2, -0.15) is 4.57 Å². The van der Waals surface area contributed by atoms with Crippen LogP contribution in [-0.2, 0) is 44.7 Å². The molecule has 4 heterocycles. The minimum absolute atomic E-state index is 0.0327. The number of nitrogens with zero attached hydrogens (tertiary/aromatic N) is 5. The van der Waals surface area contributed by atoms with Gasteiger partial charge in [-0.3, -0.25) is 29.0 Å². The van der Waals surface area contributed by atoms with Crippen LogP contribution in [0.1, 0.15) is 82.5 Å². The number of aryl methyl sites for hydroxylation is 1. The molecule has 0 unspecified atom stereocenters. The molecule has 0 N–H and O–H groups in total. The highest BCUT2D eigenvalue weighted by Gasteiger charge is 2.37. The third-order valence-corrected chi connectivity index (χ3v) is 10.9. The summed E-state index contributed by atoms with van der Waals surface area (Å²) in [6.07, 6.45) is 15.0. The minimum Gasteiger partial charge on any atom is -0.497 e. The highest BCUT2D eigenvalue weighted by molar-refractivity contribution is 7.80. The van der Waals surface area contributed by atoms with E-state index in [9.17, 15) is 19.2 Å². The van der Waals surface area contributed by atoms with Gasteiger partial charge >= 0.3 is 5.91 Å². The van der Waals surface area contributed by atoms with Crippen LogP contribution in [0.4, 0.5) is 5.69 Å². The number of methoxy groups -OCH3 is 2. The molecule has 2 aromatic carbocycles. The van der Waals surface area contributed by atoms with Gasteiger partial charge in [0, 0.05) is 58.9 Å². The van der Waals surface area contributed by atoms with Crippen molar-refractivity contribution in [2.45, 2.75) is 72.3 Å². The molecule has 14 nitrogen and oxygen atoms in total. The first-order valence-corrected chi connectivity index (χ1v) is 22.6. The molecule has 65 heavy (non-hydrogen) atoms. The summed E-state index contributed by atoms with van der Waals surface area (Å²) in [5.41, 5.74) is 3.71. The molecule has 0 radical (unpaired) electrons. The SMILES string of the molecule is CCCCCCCN1C(=O)/C(=C\c2ccc(N(C)C)cc2)OC1=S.CCCC[n+]1ccccc1/C=C1/OC(=S)N(CCOC)C1=O.COc1ccc(/C=C2/OC(=S)N(C(C)=O)C2=O)cc1. The largest absolute Gasteiger partial charge is 0.497 e. The third-order valence-electron chi connectivity index (χ3n) is 9.99. The second kappa shape index (κ2) is 26.2. The topological polar surface area (TPSA) is 131 Å². The lowest BCUT2D eigenvalue weighted by Gasteiger charge is -2.12. The van der Waals surface area contributed by atoms with E-state index in [0.717, 1.165) is 59.6 Å². The molecule has 3 aliphatic rings. The summed E-state index contributed by atoms with van der Waals surface area (Å²) < 4.78 is 28.2. The summed E-state index contributed by atoms with van der Waals surface area (Å²) >= 11 is 15.1. The highest BCUT2D eigenvalue weighted by atomic mass is 32.1. The standard InChI is InChI=1S/C19H26N2O2S.C16H21N2O3S.C13H11NO4S/c1-4-5-6-7-8-13-21-18(22)17(23-19(21)24)14-15-9-11-16(12-10-15)20(2)3;1-3-4-8-17-9-6-5-7-13(17)12-14-15(19)18(10-11-20-2)16(22)21-14;1-8(15)14-12(16)11(18-13(14)19)7-9-3-5-10(17-2)6-4-9/h9-12,14H,4-8,13H2,1-3H3;5-7,9,12H,3-4,8,10-11H2,1-2H3;3-7H,1-2H3/q;+1;/b17-14+;14-12+;11-7+. The Labute approximate surface area is 398 Å². The number of unbranched alkanes of at least 4 members (excludes halogenated alkanes) is 5. The maximum Gasteiger partial charge on any atom is 0.303 e. The number of carbonyl (C=O) groups is 4. The summed E-state index contributed by atoms with van der Waals surface area (Å²) in [6, 6.07) is 20.9. The smallest absolute Gasteiger partial charge is 0.303 e. The summed E-state index contributed by atoms with van der Waals surface area (Å²) in [5, 5.41) is 0.313. The summed E-state index contributed by atoms with van der Waals surface area (Å²) in [6.45, 7) is 7.96. The maximum absolute atomic E-state index is 12.5. The number of pyridine rings is 1. The number of imide groups is 1. The van der Waals surface area contributed by atoms with Gasteiger partial charge < -0.3 is 28.6 Å².